The molecule has 0 aromatic heterocycles. The van der Waals surface area contributed by atoms with Crippen molar-refractivity contribution in [2.75, 3.05) is 14.2 Å². The van der Waals surface area contributed by atoms with Gasteiger partial charge in [-0.1, -0.05) is 24.3 Å². The third-order valence-electron chi connectivity index (χ3n) is 3.60. The lowest BCUT2D eigenvalue weighted by Crippen LogP contribution is -2.20. The number of rotatable bonds is 5. The van der Waals surface area contributed by atoms with E-state index >= 15 is 0 Å². The number of methoxy groups -OCH3 is 1. The Kier molecular flexibility index (Phi) is 5.58. The molecule has 4 heteroatoms. The van der Waals surface area contributed by atoms with Gasteiger partial charge in [0.2, 0.25) is 0 Å². The van der Waals surface area contributed by atoms with E-state index in [-0.39, 0.29) is 17.6 Å². The topological polar surface area (TPSA) is 21.3 Å². The molecule has 0 fully saturated rings. The van der Waals surface area contributed by atoms with Gasteiger partial charge in [-0.05, 0) is 71.8 Å². The fourth-order valence-electron chi connectivity index (χ4n) is 2.38. The van der Waals surface area contributed by atoms with E-state index < -0.39 is 0 Å². The van der Waals surface area contributed by atoms with Crippen LogP contribution in [0.5, 0.6) is 5.75 Å². The number of nitrogens with one attached hydrogen (secondary N) is 1. The van der Waals surface area contributed by atoms with Crippen LogP contribution in [0.3, 0.4) is 0 Å². The van der Waals surface area contributed by atoms with Crippen LogP contribution >= 0.6 is 22.6 Å². The summed E-state index contributed by atoms with van der Waals surface area (Å²) in [5.74, 6) is -0.0336. The summed E-state index contributed by atoms with van der Waals surface area (Å²) >= 11 is 2.37. The zero-order chi connectivity index (χ0) is 15.4. The summed E-state index contributed by atoms with van der Waals surface area (Å²) in [6.07, 6.45) is 0.733. The van der Waals surface area contributed by atoms with Crippen LogP contribution < -0.4 is 10.1 Å². The Labute approximate surface area is 138 Å². The molecule has 1 N–H and O–H groups in total. The van der Waals surface area contributed by atoms with Crippen molar-refractivity contribution in [2.24, 2.45) is 0 Å². The molecule has 2 aromatic carbocycles. The molecule has 2 rings (SSSR count). The van der Waals surface area contributed by atoms with Gasteiger partial charge >= 0.3 is 0 Å². The van der Waals surface area contributed by atoms with Crippen molar-refractivity contribution in [2.45, 2.75) is 19.4 Å². The Morgan fingerprint density at radius 1 is 1.29 bits per heavy atom. The van der Waals surface area contributed by atoms with Crippen molar-refractivity contribution in [3.63, 3.8) is 0 Å². The number of halogens is 2. The van der Waals surface area contributed by atoms with Crippen LogP contribution in [0.2, 0.25) is 0 Å². The lowest BCUT2D eigenvalue weighted by atomic mass is 9.97. The highest BCUT2D eigenvalue weighted by Gasteiger charge is 2.15. The quantitative estimate of drug-likeness (QED) is 0.760. The standard InChI is InChI=1S/C17H19FINO/c1-11-5-4-6-13(17(11)19)15(20-2)10-12-7-8-16(21-3)14(18)9-12/h4-9,15,20H,10H2,1-3H3. The van der Waals surface area contributed by atoms with E-state index in [0.29, 0.717) is 0 Å². The molecule has 0 aliphatic rings. The van der Waals surface area contributed by atoms with E-state index in [4.69, 9.17) is 4.74 Å². The molecule has 0 aliphatic heterocycles. The van der Waals surface area contributed by atoms with Gasteiger partial charge in [-0.2, -0.15) is 0 Å². The van der Waals surface area contributed by atoms with Crippen molar-refractivity contribution >= 4 is 22.6 Å². The van der Waals surface area contributed by atoms with Gasteiger partial charge < -0.3 is 10.1 Å². The Morgan fingerprint density at radius 3 is 2.67 bits per heavy atom. The summed E-state index contributed by atoms with van der Waals surface area (Å²) in [6.45, 7) is 2.10. The molecule has 0 heterocycles. The Hall–Kier alpha value is -1.14. The van der Waals surface area contributed by atoms with E-state index in [1.165, 1.54) is 21.8 Å². The maximum atomic E-state index is 13.8. The molecule has 0 bridgehead atoms. The number of hydrogen-bond donors (Lipinski definition) is 1. The number of hydrogen-bond acceptors (Lipinski definition) is 2. The van der Waals surface area contributed by atoms with E-state index in [9.17, 15) is 4.39 Å². The second-order valence-corrected chi connectivity index (χ2v) is 6.07. The zero-order valence-corrected chi connectivity index (χ0v) is 14.6. The van der Waals surface area contributed by atoms with Gasteiger partial charge in [0.15, 0.2) is 11.6 Å². The minimum atomic E-state index is -0.316. The Morgan fingerprint density at radius 2 is 2.05 bits per heavy atom. The van der Waals surface area contributed by atoms with Crippen molar-refractivity contribution < 1.29 is 9.13 Å². The molecule has 0 radical (unpaired) electrons. The minimum Gasteiger partial charge on any atom is -0.494 e. The lowest BCUT2D eigenvalue weighted by molar-refractivity contribution is 0.386. The molecule has 0 aliphatic carbocycles. The van der Waals surface area contributed by atoms with Gasteiger partial charge in [0.05, 0.1) is 7.11 Å². The first kappa shape index (κ1) is 16.2. The third-order valence-corrected chi connectivity index (χ3v) is 5.08. The molecular formula is C17H19FINO. The smallest absolute Gasteiger partial charge is 0.165 e. The molecular weight excluding hydrogens is 380 g/mol. The summed E-state index contributed by atoms with van der Waals surface area (Å²) in [7, 11) is 3.41. The molecule has 21 heavy (non-hydrogen) atoms. The second-order valence-electron chi connectivity index (χ2n) is 4.99. The molecule has 1 unspecified atom stereocenters. The summed E-state index contributed by atoms with van der Waals surface area (Å²) in [4.78, 5) is 0. The van der Waals surface area contributed by atoms with E-state index in [1.54, 1.807) is 12.1 Å². The molecule has 0 spiro atoms. The number of aryl methyl sites for hydroxylation is 1. The maximum absolute atomic E-state index is 13.8. The predicted molar refractivity (Wildman–Crippen MR) is 92.4 cm³/mol. The SMILES string of the molecule is CNC(Cc1ccc(OC)c(F)c1)c1cccc(C)c1I. The average molecular weight is 399 g/mol. The number of likely N-dealkylation sites (N-methyl/N-ethyl adjacent to an activating group) is 1. The summed E-state index contributed by atoms with van der Waals surface area (Å²) < 4.78 is 20.0. The van der Waals surface area contributed by atoms with E-state index in [2.05, 4.69) is 53.0 Å². The fraction of sp³-hybridized carbons (Fsp3) is 0.294. The van der Waals surface area contributed by atoms with Crippen molar-refractivity contribution in [1.82, 2.24) is 5.32 Å². The summed E-state index contributed by atoms with van der Waals surface area (Å²) in [5.41, 5.74) is 3.45. The Balaban J connectivity index is 2.27. The van der Waals surface area contributed by atoms with E-state index in [0.717, 1.165) is 12.0 Å². The highest BCUT2D eigenvalue weighted by molar-refractivity contribution is 14.1. The Bertz CT molecular complexity index is 630. The van der Waals surface area contributed by atoms with Gasteiger partial charge in [-0.3, -0.25) is 0 Å². The highest BCUT2D eigenvalue weighted by Crippen LogP contribution is 2.27. The summed E-state index contributed by atoms with van der Waals surface area (Å²) in [6, 6.07) is 11.6. The van der Waals surface area contributed by atoms with Crippen LogP contribution in [0.15, 0.2) is 36.4 Å². The molecule has 2 aromatic rings. The van der Waals surface area contributed by atoms with Crippen LogP contribution in [-0.2, 0) is 6.42 Å². The minimum absolute atomic E-state index is 0.157. The first-order valence-corrected chi connectivity index (χ1v) is 7.89. The molecule has 1 atom stereocenters. The van der Waals surface area contributed by atoms with Gasteiger partial charge in [-0.15, -0.1) is 0 Å². The normalized spacial score (nSPS) is 12.2. The van der Waals surface area contributed by atoms with E-state index in [1.807, 2.05) is 13.1 Å². The lowest BCUT2D eigenvalue weighted by Gasteiger charge is -2.19. The first-order valence-electron chi connectivity index (χ1n) is 6.81. The van der Waals surface area contributed by atoms with Gasteiger partial charge in [-0.25, -0.2) is 4.39 Å². The largest absolute Gasteiger partial charge is 0.494 e. The summed E-state index contributed by atoms with van der Waals surface area (Å²) in [5, 5.41) is 3.32. The number of benzene rings is 2. The van der Waals surface area contributed by atoms with Gasteiger partial charge in [0, 0.05) is 9.61 Å². The second kappa shape index (κ2) is 7.22. The van der Waals surface area contributed by atoms with Gasteiger partial charge in [0.1, 0.15) is 0 Å². The van der Waals surface area contributed by atoms with Gasteiger partial charge in [0.25, 0.3) is 0 Å². The van der Waals surface area contributed by atoms with Crippen LogP contribution in [0, 0.1) is 16.3 Å². The van der Waals surface area contributed by atoms with Crippen molar-refractivity contribution in [3.8, 4) is 5.75 Å². The fourth-order valence-corrected chi connectivity index (χ4v) is 3.11. The average Bonchev–Trinajstić information content (AvgIpc) is 2.48. The zero-order valence-electron chi connectivity index (χ0n) is 12.4. The highest BCUT2D eigenvalue weighted by atomic mass is 127. The monoisotopic (exact) mass is 399 g/mol. The first-order chi connectivity index (χ1) is 10.1. The van der Waals surface area contributed by atoms with Crippen molar-refractivity contribution in [3.05, 3.63) is 62.5 Å². The van der Waals surface area contributed by atoms with Crippen LogP contribution in [0.1, 0.15) is 22.7 Å². The molecule has 0 saturated carbocycles. The number of ether oxygens (including phenoxy) is 1. The third kappa shape index (κ3) is 3.74. The predicted octanol–water partition coefficient (Wildman–Crippen LogP) is 4.25. The van der Waals surface area contributed by atoms with Crippen LogP contribution in [0.25, 0.3) is 0 Å². The molecule has 0 amide bonds. The molecule has 0 saturated heterocycles. The molecule has 112 valence electrons. The molecule has 2 nitrogen and oxygen atoms in total. The van der Waals surface area contributed by atoms with Crippen LogP contribution in [-0.4, -0.2) is 14.2 Å². The maximum Gasteiger partial charge on any atom is 0.165 e. The van der Waals surface area contributed by atoms with Crippen LogP contribution in [0.4, 0.5) is 4.39 Å². The van der Waals surface area contributed by atoms with Crippen molar-refractivity contribution in [1.29, 1.82) is 0 Å².